The van der Waals surface area contributed by atoms with Crippen LogP contribution in [0.15, 0.2) is 18.2 Å². The highest BCUT2D eigenvalue weighted by Gasteiger charge is 2.26. The van der Waals surface area contributed by atoms with E-state index in [1.54, 1.807) is 18.2 Å². The second-order valence-corrected chi connectivity index (χ2v) is 4.13. The summed E-state index contributed by atoms with van der Waals surface area (Å²) in [5, 5.41) is 11.7. The molecule has 0 aliphatic carbocycles. The van der Waals surface area contributed by atoms with Gasteiger partial charge in [-0.2, -0.15) is 0 Å². The number of benzene rings is 1. The molecule has 0 fully saturated rings. The highest BCUT2D eigenvalue weighted by Crippen LogP contribution is 2.24. The summed E-state index contributed by atoms with van der Waals surface area (Å²) >= 11 is 11.7. The molecule has 0 unspecified atom stereocenters. The highest BCUT2D eigenvalue weighted by molar-refractivity contribution is 6.35. The number of aliphatic hydroxyl groups is 1. The van der Waals surface area contributed by atoms with Crippen LogP contribution in [0.1, 0.15) is 5.56 Å². The van der Waals surface area contributed by atoms with Gasteiger partial charge in [0.25, 0.3) is 5.92 Å². The first-order valence-electron chi connectivity index (χ1n) is 4.58. The van der Waals surface area contributed by atoms with Gasteiger partial charge in [0.2, 0.25) is 0 Å². The van der Waals surface area contributed by atoms with Gasteiger partial charge in [-0.25, -0.2) is 8.78 Å². The summed E-state index contributed by atoms with van der Waals surface area (Å²) in [6.45, 7) is -1.67. The third kappa shape index (κ3) is 3.87. The van der Waals surface area contributed by atoms with Crippen LogP contribution in [0, 0.1) is 0 Å². The van der Waals surface area contributed by atoms with E-state index in [4.69, 9.17) is 28.3 Å². The van der Waals surface area contributed by atoms with Crippen molar-refractivity contribution in [2.45, 2.75) is 12.5 Å². The number of hydrogen-bond acceptors (Lipinski definition) is 2. The molecule has 0 spiro atoms. The molecule has 0 atom stereocenters. The average Bonchev–Trinajstić information content (AvgIpc) is 2.22. The molecule has 2 N–H and O–H groups in total. The molecule has 16 heavy (non-hydrogen) atoms. The molecule has 0 saturated heterocycles. The van der Waals surface area contributed by atoms with Gasteiger partial charge in [0.1, 0.15) is 6.61 Å². The summed E-state index contributed by atoms with van der Waals surface area (Å²) in [6.07, 6.45) is 0. The third-order valence-electron chi connectivity index (χ3n) is 1.98. The lowest BCUT2D eigenvalue weighted by Crippen LogP contribution is -2.35. The molecule has 0 radical (unpaired) electrons. The molecular weight excluding hydrogens is 259 g/mol. The van der Waals surface area contributed by atoms with Gasteiger partial charge in [0.05, 0.1) is 6.54 Å². The number of rotatable bonds is 5. The van der Waals surface area contributed by atoms with E-state index in [-0.39, 0.29) is 6.54 Å². The van der Waals surface area contributed by atoms with E-state index in [9.17, 15) is 8.78 Å². The highest BCUT2D eigenvalue weighted by atomic mass is 35.5. The predicted molar refractivity (Wildman–Crippen MR) is 60.2 cm³/mol. The quantitative estimate of drug-likeness (QED) is 0.862. The largest absolute Gasteiger partial charge is 0.390 e. The zero-order valence-electron chi connectivity index (χ0n) is 8.31. The van der Waals surface area contributed by atoms with Crippen LogP contribution in [0.4, 0.5) is 8.78 Å². The fourth-order valence-electron chi connectivity index (χ4n) is 1.13. The molecule has 2 nitrogen and oxygen atoms in total. The monoisotopic (exact) mass is 269 g/mol. The van der Waals surface area contributed by atoms with E-state index in [1.165, 1.54) is 0 Å². The smallest absolute Gasteiger partial charge is 0.282 e. The molecule has 6 heteroatoms. The Kier molecular flexibility index (Phi) is 4.92. The molecule has 0 aliphatic heterocycles. The normalized spacial score (nSPS) is 11.8. The number of alkyl halides is 2. The first-order valence-corrected chi connectivity index (χ1v) is 5.34. The van der Waals surface area contributed by atoms with Crippen LogP contribution < -0.4 is 5.32 Å². The van der Waals surface area contributed by atoms with Gasteiger partial charge in [-0.15, -0.1) is 0 Å². The van der Waals surface area contributed by atoms with Crippen molar-refractivity contribution in [3.05, 3.63) is 33.8 Å². The third-order valence-corrected chi connectivity index (χ3v) is 2.69. The van der Waals surface area contributed by atoms with Crippen molar-refractivity contribution < 1.29 is 13.9 Å². The second kappa shape index (κ2) is 5.77. The van der Waals surface area contributed by atoms with Crippen LogP contribution in [0.5, 0.6) is 0 Å². The Balaban J connectivity index is 2.56. The topological polar surface area (TPSA) is 32.3 Å². The van der Waals surface area contributed by atoms with E-state index in [0.717, 1.165) is 0 Å². The van der Waals surface area contributed by atoms with Gasteiger partial charge in [-0.3, -0.25) is 0 Å². The van der Waals surface area contributed by atoms with Gasteiger partial charge >= 0.3 is 0 Å². The molecule has 1 aromatic rings. The second-order valence-electron chi connectivity index (χ2n) is 3.32. The Morgan fingerprint density at radius 3 is 2.31 bits per heavy atom. The van der Waals surface area contributed by atoms with Crippen LogP contribution in [0.3, 0.4) is 0 Å². The summed E-state index contributed by atoms with van der Waals surface area (Å²) in [5.41, 5.74) is 0.569. The number of aliphatic hydroxyl groups excluding tert-OH is 1. The average molecular weight is 270 g/mol. The number of halogens is 4. The predicted octanol–water partition coefficient (Wildman–Crippen LogP) is 2.71. The summed E-state index contributed by atoms with van der Waals surface area (Å²) in [5.74, 6) is -3.13. The zero-order valence-corrected chi connectivity index (χ0v) is 9.82. The summed E-state index contributed by atoms with van der Waals surface area (Å²) in [7, 11) is 0. The maximum atomic E-state index is 12.7. The Morgan fingerprint density at radius 2 is 1.81 bits per heavy atom. The summed E-state index contributed by atoms with van der Waals surface area (Å²) < 4.78 is 25.4. The lowest BCUT2D eigenvalue weighted by atomic mass is 10.2. The molecule has 1 aromatic carbocycles. The number of hydrogen-bond donors (Lipinski definition) is 2. The fraction of sp³-hybridized carbons (Fsp3) is 0.400. The first kappa shape index (κ1) is 13.6. The molecular formula is C10H11Cl2F2NO. The fourth-order valence-corrected chi connectivity index (χ4v) is 1.66. The number of nitrogens with one attached hydrogen (secondary N) is 1. The van der Waals surface area contributed by atoms with Gasteiger partial charge < -0.3 is 10.4 Å². The lowest BCUT2D eigenvalue weighted by molar-refractivity contribution is -0.0477. The van der Waals surface area contributed by atoms with Crippen molar-refractivity contribution in [1.82, 2.24) is 5.32 Å². The molecule has 1 rings (SSSR count). The van der Waals surface area contributed by atoms with Crippen LogP contribution in [0.25, 0.3) is 0 Å². The molecule has 0 saturated carbocycles. The minimum absolute atomic E-state index is 0.133. The van der Waals surface area contributed by atoms with Crippen molar-refractivity contribution in [3.8, 4) is 0 Å². The van der Waals surface area contributed by atoms with Gasteiger partial charge in [-0.1, -0.05) is 29.3 Å². The Hall–Kier alpha value is -0.420. The van der Waals surface area contributed by atoms with Crippen LogP contribution in [-0.2, 0) is 6.54 Å². The van der Waals surface area contributed by atoms with Crippen LogP contribution >= 0.6 is 23.2 Å². The lowest BCUT2D eigenvalue weighted by Gasteiger charge is -2.14. The Morgan fingerprint density at radius 1 is 1.25 bits per heavy atom. The minimum Gasteiger partial charge on any atom is -0.390 e. The summed E-state index contributed by atoms with van der Waals surface area (Å²) in [6, 6.07) is 4.94. The Labute approximate surface area is 102 Å². The van der Waals surface area contributed by atoms with Crippen molar-refractivity contribution in [3.63, 3.8) is 0 Å². The van der Waals surface area contributed by atoms with Crippen molar-refractivity contribution in [1.29, 1.82) is 0 Å². The van der Waals surface area contributed by atoms with E-state index in [0.29, 0.717) is 15.6 Å². The van der Waals surface area contributed by atoms with Gasteiger partial charge in [0, 0.05) is 22.2 Å². The standard InChI is InChI=1S/C10H11Cl2F2NO/c11-8-2-1-3-9(12)7(8)4-15-5-10(13,14)6-16/h1-3,15-16H,4-6H2. The minimum atomic E-state index is -3.13. The van der Waals surface area contributed by atoms with E-state index < -0.39 is 19.1 Å². The van der Waals surface area contributed by atoms with E-state index in [2.05, 4.69) is 5.32 Å². The molecule has 0 aromatic heterocycles. The maximum absolute atomic E-state index is 12.7. The van der Waals surface area contributed by atoms with E-state index in [1.807, 2.05) is 0 Å². The van der Waals surface area contributed by atoms with Crippen LogP contribution in [-0.4, -0.2) is 24.2 Å². The maximum Gasteiger partial charge on any atom is 0.282 e. The molecule has 0 heterocycles. The summed E-state index contributed by atoms with van der Waals surface area (Å²) in [4.78, 5) is 0. The van der Waals surface area contributed by atoms with E-state index >= 15 is 0 Å². The SMILES string of the molecule is OCC(F)(F)CNCc1c(Cl)cccc1Cl. The van der Waals surface area contributed by atoms with Crippen LogP contribution in [0.2, 0.25) is 10.0 Å². The molecule has 0 aliphatic rings. The van der Waals surface area contributed by atoms with Crippen molar-refractivity contribution in [2.75, 3.05) is 13.2 Å². The van der Waals surface area contributed by atoms with Gasteiger partial charge in [0.15, 0.2) is 0 Å². The molecule has 0 amide bonds. The molecule has 90 valence electrons. The van der Waals surface area contributed by atoms with Crippen molar-refractivity contribution >= 4 is 23.2 Å². The van der Waals surface area contributed by atoms with Gasteiger partial charge in [-0.05, 0) is 12.1 Å². The first-order chi connectivity index (χ1) is 7.46. The molecule has 0 bridgehead atoms. The zero-order chi connectivity index (χ0) is 12.2. The Bertz CT molecular complexity index is 340. The van der Waals surface area contributed by atoms with Crippen molar-refractivity contribution in [2.24, 2.45) is 0 Å².